The van der Waals surface area contributed by atoms with Crippen LogP contribution in [0.5, 0.6) is 5.75 Å². The molecule has 0 N–H and O–H groups in total. The van der Waals surface area contributed by atoms with Crippen molar-refractivity contribution in [3.8, 4) is 5.75 Å². The number of amides is 2. The van der Waals surface area contributed by atoms with Crippen LogP contribution in [0, 0.1) is 0 Å². The molecule has 1 aromatic rings. The Labute approximate surface area is 219 Å². The van der Waals surface area contributed by atoms with Crippen molar-refractivity contribution in [2.24, 2.45) is 0 Å². The Balaban J connectivity index is 1.82. The smallest absolute Gasteiger partial charge is 0.222 e. The van der Waals surface area contributed by atoms with Crippen molar-refractivity contribution in [1.82, 2.24) is 14.7 Å². The van der Waals surface area contributed by atoms with Gasteiger partial charge in [0.15, 0.2) is 0 Å². The Hall–Kier alpha value is -2.34. The quantitative estimate of drug-likeness (QED) is 0.261. The monoisotopic (exact) mass is 499 g/mol. The van der Waals surface area contributed by atoms with Crippen LogP contribution in [0.15, 0.2) is 30.3 Å². The average molecular weight is 500 g/mol. The molecule has 0 bridgehead atoms. The van der Waals surface area contributed by atoms with Crippen LogP contribution in [0.2, 0.25) is 0 Å². The number of carbonyl (C=O) groups is 2. The van der Waals surface area contributed by atoms with E-state index in [4.69, 9.17) is 4.74 Å². The highest BCUT2D eigenvalue weighted by molar-refractivity contribution is 5.77. The fraction of sp³-hybridized carbons (Fsp3) is 0.667. The number of para-hydroxylation sites is 1. The standard InChI is InChI=1S/C30H49N3O3/c1-4-6-8-9-11-19-30(35)33-25-22-31(23-26-33)21-24-32(29(34)18-10-7-5-2)20-14-16-27-15-12-13-17-28(27)36-3/h12-17H,4-11,18-26H2,1-3H3. The van der Waals surface area contributed by atoms with E-state index in [2.05, 4.69) is 24.8 Å². The van der Waals surface area contributed by atoms with Crippen LogP contribution in [-0.2, 0) is 9.59 Å². The molecule has 6 heteroatoms. The first-order valence-electron chi connectivity index (χ1n) is 14.2. The number of benzene rings is 1. The Morgan fingerprint density at radius 2 is 1.58 bits per heavy atom. The van der Waals surface area contributed by atoms with Crippen molar-refractivity contribution >= 4 is 17.9 Å². The van der Waals surface area contributed by atoms with Gasteiger partial charge < -0.3 is 14.5 Å². The van der Waals surface area contributed by atoms with Crippen molar-refractivity contribution in [1.29, 1.82) is 0 Å². The minimum absolute atomic E-state index is 0.227. The summed E-state index contributed by atoms with van der Waals surface area (Å²) in [6, 6.07) is 7.92. The number of hydrogen-bond acceptors (Lipinski definition) is 4. The number of rotatable bonds is 17. The lowest BCUT2D eigenvalue weighted by Gasteiger charge is -2.36. The summed E-state index contributed by atoms with van der Waals surface area (Å²) in [5.41, 5.74) is 1.02. The van der Waals surface area contributed by atoms with Gasteiger partial charge in [-0.05, 0) is 18.9 Å². The van der Waals surface area contributed by atoms with Crippen LogP contribution in [0.4, 0.5) is 0 Å². The molecular formula is C30H49N3O3. The van der Waals surface area contributed by atoms with Crippen LogP contribution in [0.3, 0.4) is 0 Å². The van der Waals surface area contributed by atoms with E-state index in [0.717, 1.165) is 76.1 Å². The van der Waals surface area contributed by atoms with E-state index in [9.17, 15) is 9.59 Å². The molecule has 1 aliphatic rings. The van der Waals surface area contributed by atoms with E-state index in [1.807, 2.05) is 40.1 Å². The lowest BCUT2D eigenvalue weighted by Crippen LogP contribution is -2.50. The van der Waals surface area contributed by atoms with Crippen LogP contribution in [-0.4, -0.2) is 79.4 Å². The number of unbranched alkanes of at least 4 members (excludes halogenated alkanes) is 6. The lowest BCUT2D eigenvalue weighted by atomic mass is 10.1. The molecule has 0 unspecified atom stereocenters. The molecule has 0 radical (unpaired) electrons. The van der Waals surface area contributed by atoms with Gasteiger partial charge in [-0.1, -0.05) is 82.7 Å². The summed E-state index contributed by atoms with van der Waals surface area (Å²) in [5, 5.41) is 0. The van der Waals surface area contributed by atoms with E-state index in [0.29, 0.717) is 31.8 Å². The van der Waals surface area contributed by atoms with Gasteiger partial charge in [0, 0.05) is 64.2 Å². The molecule has 2 amide bonds. The molecule has 2 rings (SSSR count). The minimum atomic E-state index is 0.227. The first kappa shape index (κ1) is 29.9. The summed E-state index contributed by atoms with van der Waals surface area (Å²) in [5.74, 6) is 1.37. The molecule has 0 aliphatic carbocycles. The summed E-state index contributed by atoms with van der Waals surface area (Å²) < 4.78 is 5.44. The summed E-state index contributed by atoms with van der Waals surface area (Å²) >= 11 is 0. The first-order chi connectivity index (χ1) is 17.6. The molecule has 1 fully saturated rings. The second kappa shape index (κ2) is 18.0. The summed E-state index contributed by atoms with van der Waals surface area (Å²) in [6.07, 6.45) is 14.4. The van der Waals surface area contributed by atoms with Gasteiger partial charge in [0.25, 0.3) is 0 Å². The maximum atomic E-state index is 13.0. The van der Waals surface area contributed by atoms with Crippen LogP contribution >= 0.6 is 0 Å². The highest BCUT2D eigenvalue weighted by Crippen LogP contribution is 2.18. The van der Waals surface area contributed by atoms with Gasteiger partial charge in [-0.2, -0.15) is 0 Å². The third-order valence-electron chi connectivity index (χ3n) is 7.01. The van der Waals surface area contributed by atoms with Gasteiger partial charge in [-0.25, -0.2) is 0 Å². The van der Waals surface area contributed by atoms with Gasteiger partial charge in [0.05, 0.1) is 7.11 Å². The Morgan fingerprint density at radius 1 is 0.917 bits per heavy atom. The molecular weight excluding hydrogens is 450 g/mol. The largest absolute Gasteiger partial charge is 0.496 e. The van der Waals surface area contributed by atoms with Crippen molar-refractivity contribution in [2.75, 3.05) is 52.9 Å². The molecule has 36 heavy (non-hydrogen) atoms. The number of nitrogens with zero attached hydrogens (tertiary/aromatic N) is 3. The molecule has 1 aromatic carbocycles. The molecule has 0 saturated carbocycles. The predicted molar refractivity (Wildman–Crippen MR) is 149 cm³/mol. The number of piperazine rings is 1. The zero-order chi connectivity index (χ0) is 26.0. The molecule has 1 heterocycles. The third kappa shape index (κ3) is 11.2. The van der Waals surface area contributed by atoms with Crippen LogP contribution < -0.4 is 4.74 Å². The molecule has 0 aromatic heterocycles. The predicted octanol–water partition coefficient (Wildman–Crippen LogP) is 5.62. The zero-order valence-corrected chi connectivity index (χ0v) is 23.1. The number of methoxy groups -OCH3 is 1. The minimum Gasteiger partial charge on any atom is -0.496 e. The van der Waals surface area contributed by atoms with E-state index < -0.39 is 0 Å². The fourth-order valence-corrected chi connectivity index (χ4v) is 4.63. The second-order valence-electron chi connectivity index (χ2n) is 9.83. The maximum absolute atomic E-state index is 13.0. The van der Waals surface area contributed by atoms with E-state index >= 15 is 0 Å². The van der Waals surface area contributed by atoms with Gasteiger partial charge in [0.2, 0.25) is 11.8 Å². The Kier molecular flexibility index (Phi) is 14.9. The zero-order valence-electron chi connectivity index (χ0n) is 23.1. The molecule has 6 nitrogen and oxygen atoms in total. The topological polar surface area (TPSA) is 53.1 Å². The number of carbonyl (C=O) groups excluding carboxylic acids is 2. The van der Waals surface area contributed by atoms with Crippen LogP contribution in [0.25, 0.3) is 6.08 Å². The summed E-state index contributed by atoms with van der Waals surface area (Å²) in [7, 11) is 1.68. The van der Waals surface area contributed by atoms with Gasteiger partial charge >= 0.3 is 0 Å². The van der Waals surface area contributed by atoms with Crippen molar-refractivity contribution in [2.45, 2.75) is 78.1 Å². The van der Waals surface area contributed by atoms with Crippen molar-refractivity contribution < 1.29 is 14.3 Å². The van der Waals surface area contributed by atoms with E-state index in [-0.39, 0.29) is 5.91 Å². The van der Waals surface area contributed by atoms with Gasteiger partial charge in [-0.3, -0.25) is 14.5 Å². The van der Waals surface area contributed by atoms with Crippen LogP contribution in [0.1, 0.15) is 83.6 Å². The molecule has 202 valence electrons. The van der Waals surface area contributed by atoms with E-state index in [1.165, 1.54) is 19.3 Å². The highest BCUT2D eigenvalue weighted by atomic mass is 16.5. The summed E-state index contributed by atoms with van der Waals surface area (Å²) in [6.45, 7) is 9.90. The van der Waals surface area contributed by atoms with E-state index in [1.54, 1.807) is 7.11 Å². The summed E-state index contributed by atoms with van der Waals surface area (Å²) in [4.78, 5) is 31.9. The first-order valence-corrected chi connectivity index (χ1v) is 14.2. The normalized spacial score (nSPS) is 14.4. The fourth-order valence-electron chi connectivity index (χ4n) is 4.63. The highest BCUT2D eigenvalue weighted by Gasteiger charge is 2.21. The SMILES string of the molecule is CCCCCCCC(=O)N1CCN(CCN(CC=Cc2ccccc2OC)C(=O)CCCCC)CC1. The lowest BCUT2D eigenvalue weighted by molar-refractivity contribution is -0.133. The maximum Gasteiger partial charge on any atom is 0.222 e. The van der Waals surface area contributed by atoms with Gasteiger partial charge in [-0.15, -0.1) is 0 Å². The molecule has 0 atom stereocenters. The van der Waals surface area contributed by atoms with Gasteiger partial charge in [0.1, 0.15) is 5.75 Å². The molecule has 0 spiro atoms. The molecule has 1 saturated heterocycles. The molecule has 1 aliphatic heterocycles. The second-order valence-corrected chi connectivity index (χ2v) is 9.83. The van der Waals surface area contributed by atoms with Crippen molar-refractivity contribution in [3.05, 3.63) is 35.9 Å². The number of hydrogen-bond donors (Lipinski definition) is 0. The Bertz CT molecular complexity index is 787. The number of ether oxygens (including phenoxy) is 1. The third-order valence-corrected chi connectivity index (χ3v) is 7.01. The average Bonchev–Trinajstić information content (AvgIpc) is 2.91. The van der Waals surface area contributed by atoms with Crippen molar-refractivity contribution in [3.63, 3.8) is 0 Å². The Morgan fingerprint density at radius 3 is 2.31 bits per heavy atom.